The quantitative estimate of drug-likeness (QED) is 0.628. The first-order chi connectivity index (χ1) is 7.34. The van der Waals surface area contributed by atoms with Gasteiger partial charge in [-0.15, -0.1) is 0 Å². The van der Waals surface area contributed by atoms with E-state index >= 15 is 0 Å². The van der Waals surface area contributed by atoms with Crippen molar-refractivity contribution in [1.29, 1.82) is 0 Å². The third-order valence-electron chi connectivity index (χ3n) is 3.44. The number of likely N-dealkylation sites (tertiary alicyclic amines) is 1. The van der Waals surface area contributed by atoms with E-state index in [1.165, 1.54) is 36.3 Å². The molecule has 0 amide bonds. The average molecular weight is 200 g/mol. The van der Waals surface area contributed by atoms with Gasteiger partial charge in [-0.1, -0.05) is 18.2 Å². The van der Waals surface area contributed by atoms with Gasteiger partial charge in [0.1, 0.15) is 0 Å². The zero-order valence-corrected chi connectivity index (χ0v) is 9.11. The van der Waals surface area contributed by atoms with Gasteiger partial charge in [0, 0.05) is 18.2 Å². The third-order valence-corrected chi connectivity index (χ3v) is 3.44. The highest BCUT2D eigenvalue weighted by atomic mass is 15.1. The second-order valence-corrected chi connectivity index (χ2v) is 4.59. The summed E-state index contributed by atoms with van der Waals surface area (Å²) >= 11 is 0. The Kier molecular flexibility index (Phi) is 2.10. The van der Waals surface area contributed by atoms with Crippen LogP contribution in [0.25, 0.3) is 0 Å². The van der Waals surface area contributed by atoms with Crippen LogP contribution in [0.5, 0.6) is 0 Å². The van der Waals surface area contributed by atoms with E-state index in [1.807, 2.05) is 0 Å². The van der Waals surface area contributed by atoms with E-state index in [1.54, 1.807) is 0 Å². The predicted octanol–water partition coefficient (Wildman–Crippen LogP) is 2.58. The molecule has 1 aromatic rings. The third kappa shape index (κ3) is 1.49. The van der Waals surface area contributed by atoms with Gasteiger partial charge in [-0.3, -0.25) is 4.99 Å². The molecule has 2 nitrogen and oxygen atoms in total. The fraction of sp³-hybridized carbons (Fsp3) is 0.462. The van der Waals surface area contributed by atoms with E-state index in [2.05, 4.69) is 36.2 Å². The van der Waals surface area contributed by atoms with Gasteiger partial charge < -0.3 is 4.90 Å². The van der Waals surface area contributed by atoms with Gasteiger partial charge in [-0.2, -0.15) is 0 Å². The minimum absolute atomic E-state index is 0.603. The number of aliphatic imine (C=N–C) groups is 1. The minimum atomic E-state index is 0.603. The molecule has 2 heterocycles. The molecule has 78 valence electrons. The molecular weight excluding hydrogens is 184 g/mol. The summed E-state index contributed by atoms with van der Waals surface area (Å²) in [6.45, 7) is 2.25. The van der Waals surface area contributed by atoms with Gasteiger partial charge in [0.25, 0.3) is 0 Å². The molecule has 1 saturated heterocycles. The fourth-order valence-electron chi connectivity index (χ4n) is 2.68. The molecule has 0 bridgehead atoms. The molecule has 3 rings (SSSR count). The number of fused-ring (bicyclic) bond motifs is 3. The van der Waals surface area contributed by atoms with Crippen LogP contribution in [0, 0.1) is 0 Å². The maximum atomic E-state index is 4.76. The highest BCUT2D eigenvalue weighted by Gasteiger charge is 2.28. The van der Waals surface area contributed by atoms with E-state index in [4.69, 9.17) is 4.99 Å². The summed E-state index contributed by atoms with van der Waals surface area (Å²) in [5, 5.41) is 0. The maximum Gasteiger partial charge on any atom is 0.0668 e. The van der Waals surface area contributed by atoms with Crippen LogP contribution in [0.1, 0.15) is 24.3 Å². The SMILES string of the molecule is CN1CCCC2C(=Nc3ccccc32)C1. The van der Waals surface area contributed by atoms with Crippen LogP contribution in [0.3, 0.4) is 0 Å². The fourth-order valence-corrected chi connectivity index (χ4v) is 2.68. The Hall–Kier alpha value is -1.15. The molecule has 0 aliphatic carbocycles. The summed E-state index contributed by atoms with van der Waals surface area (Å²) in [6, 6.07) is 8.59. The van der Waals surface area contributed by atoms with Crippen LogP contribution in [-0.4, -0.2) is 30.7 Å². The smallest absolute Gasteiger partial charge is 0.0668 e. The molecule has 2 aliphatic heterocycles. The maximum absolute atomic E-state index is 4.76. The van der Waals surface area contributed by atoms with Crippen LogP contribution >= 0.6 is 0 Å². The Morgan fingerprint density at radius 3 is 3.13 bits per heavy atom. The van der Waals surface area contributed by atoms with Gasteiger partial charge in [-0.25, -0.2) is 0 Å². The largest absolute Gasteiger partial charge is 0.301 e. The number of hydrogen-bond acceptors (Lipinski definition) is 2. The van der Waals surface area contributed by atoms with Gasteiger partial charge >= 0.3 is 0 Å². The van der Waals surface area contributed by atoms with Crippen LogP contribution in [-0.2, 0) is 0 Å². The van der Waals surface area contributed by atoms with Gasteiger partial charge in [0.2, 0.25) is 0 Å². The van der Waals surface area contributed by atoms with Crippen molar-refractivity contribution in [3.63, 3.8) is 0 Å². The van der Waals surface area contributed by atoms with Crippen molar-refractivity contribution < 1.29 is 0 Å². The zero-order valence-electron chi connectivity index (χ0n) is 9.11. The molecule has 1 aromatic carbocycles. The Morgan fingerprint density at radius 2 is 2.20 bits per heavy atom. The number of hydrogen-bond donors (Lipinski definition) is 0. The lowest BCUT2D eigenvalue weighted by atomic mass is 9.92. The summed E-state index contributed by atoms with van der Waals surface area (Å²) < 4.78 is 0. The van der Waals surface area contributed by atoms with Crippen LogP contribution in [0.2, 0.25) is 0 Å². The van der Waals surface area contributed by atoms with Crippen molar-refractivity contribution in [3.05, 3.63) is 29.8 Å². The highest BCUT2D eigenvalue weighted by Crippen LogP contribution is 2.38. The Morgan fingerprint density at radius 1 is 1.33 bits per heavy atom. The van der Waals surface area contributed by atoms with Crippen LogP contribution in [0.4, 0.5) is 5.69 Å². The van der Waals surface area contributed by atoms with E-state index in [0.29, 0.717) is 5.92 Å². The number of nitrogens with zero attached hydrogens (tertiary/aromatic N) is 2. The van der Waals surface area contributed by atoms with E-state index in [9.17, 15) is 0 Å². The lowest BCUT2D eigenvalue weighted by Gasteiger charge is -2.13. The molecular formula is C13H16N2. The van der Waals surface area contributed by atoms with Crippen molar-refractivity contribution in [3.8, 4) is 0 Å². The minimum Gasteiger partial charge on any atom is -0.301 e. The Balaban J connectivity index is 2.00. The standard InChI is InChI=1S/C13H16N2/c1-15-8-4-6-11-10-5-2-3-7-12(10)14-13(11)9-15/h2-3,5,7,11H,4,6,8-9H2,1H3. The molecule has 15 heavy (non-hydrogen) atoms. The summed E-state index contributed by atoms with van der Waals surface area (Å²) in [7, 11) is 2.19. The monoisotopic (exact) mass is 200 g/mol. The van der Waals surface area contributed by atoms with Gasteiger partial charge in [-0.05, 0) is 38.1 Å². The van der Waals surface area contributed by atoms with Crippen molar-refractivity contribution in [2.24, 2.45) is 4.99 Å². The first-order valence-corrected chi connectivity index (χ1v) is 5.69. The summed E-state index contributed by atoms with van der Waals surface area (Å²) in [5.74, 6) is 0.603. The van der Waals surface area contributed by atoms with Gasteiger partial charge in [0.15, 0.2) is 0 Å². The zero-order chi connectivity index (χ0) is 10.3. The van der Waals surface area contributed by atoms with Crippen molar-refractivity contribution in [2.45, 2.75) is 18.8 Å². The number of benzene rings is 1. The van der Waals surface area contributed by atoms with E-state index < -0.39 is 0 Å². The van der Waals surface area contributed by atoms with Crippen LogP contribution in [0.15, 0.2) is 29.3 Å². The molecule has 1 fully saturated rings. The van der Waals surface area contributed by atoms with Gasteiger partial charge in [0.05, 0.1) is 5.69 Å². The second-order valence-electron chi connectivity index (χ2n) is 4.59. The van der Waals surface area contributed by atoms with Crippen molar-refractivity contribution in [2.75, 3.05) is 20.1 Å². The Labute approximate surface area is 90.6 Å². The summed E-state index contributed by atoms with van der Waals surface area (Å²) in [4.78, 5) is 7.14. The molecule has 2 aliphatic rings. The van der Waals surface area contributed by atoms with Crippen LogP contribution < -0.4 is 0 Å². The first-order valence-electron chi connectivity index (χ1n) is 5.69. The molecule has 0 N–H and O–H groups in total. The molecule has 0 radical (unpaired) electrons. The molecule has 2 heteroatoms. The normalized spacial score (nSPS) is 25.4. The molecule has 1 atom stereocenters. The molecule has 0 saturated carbocycles. The average Bonchev–Trinajstić information content (AvgIpc) is 2.46. The van der Waals surface area contributed by atoms with Crippen molar-refractivity contribution in [1.82, 2.24) is 4.90 Å². The highest BCUT2D eigenvalue weighted by molar-refractivity contribution is 5.99. The topological polar surface area (TPSA) is 15.6 Å². The van der Waals surface area contributed by atoms with E-state index in [0.717, 1.165) is 6.54 Å². The van der Waals surface area contributed by atoms with E-state index in [-0.39, 0.29) is 0 Å². The predicted molar refractivity (Wildman–Crippen MR) is 63.0 cm³/mol. The molecule has 1 unspecified atom stereocenters. The Bertz CT molecular complexity index is 409. The number of para-hydroxylation sites is 1. The second kappa shape index (κ2) is 3.46. The lowest BCUT2D eigenvalue weighted by Crippen LogP contribution is -2.25. The molecule has 0 spiro atoms. The van der Waals surface area contributed by atoms with Crippen molar-refractivity contribution >= 4 is 11.4 Å². The summed E-state index contributed by atoms with van der Waals surface area (Å²) in [6.07, 6.45) is 2.55. The lowest BCUT2D eigenvalue weighted by molar-refractivity contribution is 0.382. The first kappa shape index (κ1) is 9.10. The number of rotatable bonds is 0. The summed E-state index contributed by atoms with van der Waals surface area (Å²) in [5.41, 5.74) is 4.02. The molecule has 0 aromatic heterocycles.